The molecule has 1 saturated heterocycles. The van der Waals surface area contributed by atoms with Crippen molar-refractivity contribution in [1.29, 1.82) is 0 Å². The Balaban J connectivity index is 1.80. The van der Waals surface area contributed by atoms with Crippen LogP contribution in [-0.4, -0.2) is 23.9 Å². The molecule has 146 valence electrons. The highest BCUT2D eigenvalue weighted by atomic mass is 16.2. The third-order valence-corrected chi connectivity index (χ3v) is 5.36. The zero-order chi connectivity index (χ0) is 18.0. The van der Waals surface area contributed by atoms with Gasteiger partial charge in [-0.2, -0.15) is 0 Å². The number of nitrogens with zero attached hydrogens (tertiary/aromatic N) is 1. The minimum absolute atomic E-state index is 0.378. The Hall–Kier alpha value is -0.790. The van der Waals surface area contributed by atoms with Gasteiger partial charge in [0.15, 0.2) is 0 Å². The molecule has 0 spiro atoms. The number of likely N-dealkylation sites (tertiary alicyclic amines) is 1. The van der Waals surface area contributed by atoms with Gasteiger partial charge in [0.1, 0.15) is 0 Å². The zero-order valence-corrected chi connectivity index (χ0v) is 16.9. The largest absolute Gasteiger partial charge is 0.343 e. The van der Waals surface area contributed by atoms with Crippen molar-refractivity contribution in [1.82, 2.24) is 4.90 Å². The Kier molecular flexibility index (Phi) is 14.8. The Morgan fingerprint density at radius 3 is 1.84 bits per heavy atom. The van der Waals surface area contributed by atoms with Crippen LogP contribution in [0.4, 0.5) is 0 Å². The molecule has 0 aromatic carbocycles. The summed E-state index contributed by atoms with van der Waals surface area (Å²) in [5, 5.41) is 0. The number of piperidine rings is 1. The average Bonchev–Trinajstić information content (AvgIpc) is 2.65. The highest BCUT2D eigenvalue weighted by molar-refractivity contribution is 5.76. The lowest BCUT2D eigenvalue weighted by molar-refractivity contribution is -0.132. The monoisotopic (exact) mass is 349 g/mol. The van der Waals surface area contributed by atoms with Gasteiger partial charge in [0.25, 0.3) is 0 Å². The third kappa shape index (κ3) is 13.1. The average molecular weight is 350 g/mol. The summed E-state index contributed by atoms with van der Waals surface area (Å²) in [7, 11) is 0. The van der Waals surface area contributed by atoms with E-state index < -0.39 is 0 Å². The molecule has 1 rings (SSSR count). The number of rotatable bonds is 15. The van der Waals surface area contributed by atoms with Crippen molar-refractivity contribution >= 4 is 5.91 Å². The lowest BCUT2D eigenvalue weighted by atomic mass is 10.1. The van der Waals surface area contributed by atoms with E-state index in [0.29, 0.717) is 5.91 Å². The van der Waals surface area contributed by atoms with Gasteiger partial charge < -0.3 is 4.90 Å². The SMILES string of the molecule is CCCCCCCCCCCC/C=C/CCCC(=O)N1CCCCC1. The Morgan fingerprint density at radius 1 is 0.720 bits per heavy atom. The molecule has 0 aliphatic carbocycles. The fourth-order valence-corrected chi connectivity index (χ4v) is 3.66. The van der Waals surface area contributed by atoms with Crippen molar-refractivity contribution in [2.45, 2.75) is 116 Å². The first-order valence-corrected chi connectivity index (χ1v) is 11.3. The number of hydrogen-bond acceptors (Lipinski definition) is 1. The van der Waals surface area contributed by atoms with Crippen molar-refractivity contribution in [3.05, 3.63) is 12.2 Å². The third-order valence-electron chi connectivity index (χ3n) is 5.36. The van der Waals surface area contributed by atoms with Crippen LogP contribution in [0.25, 0.3) is 0 Å². The van der Waals surface area contributed by atoms with Gasteiger partial charge >= 0.3 is 0 Å². The molecule has 0 unspecified atom stereocenters. The number of amides is 1. The predicted molar refractivity (Wildman–Crippen MR) is 110 cm³/mol. The highest BCUT2D eigenvalue weighted by Crippen LogP contribution is 2.13. The molecule has 1 aliphatic rings. The normalized spacial score (nSPS) is 15.2. The first kappa shape index (κ1) is 22.3. The molecule has 0 radical (unpaired) electrons. The molecule has 25 heavy (non-hydrogen) atoms. The number of carbonyl (C=O) groups is 1. The fourth-order valence-electron chi connectivity index (χ4n) is 3.66. The molecule has 2 nitrogen and oxygen atoms in total. The van der Waals surface area contributed by atoms with Crippen LogP contribution in [0, 0.1) is 0 Å². The molecule has 1 heterocycles. The summed E-state index contributed by atoms with van der Waals surface area (Å²) in [5.41, 5.74) is 0. The minimum Gasteiger partial charge on any atom is -0.343 e. The van der Waals surface area contributed by atoms with Crippen LogP contribution in [0.2, 0.25) is 0 Å². The molecule has 0 atom stereocenters. The van der Waals surface area contributed by atoms with Gasteiger partial charge in [0, 0.05) is 19.5 Å². The Bertz CT molecular complexity index is 331. The Labute approximate surface area is 157 Å². The van der Waals surface area contributed by atoms with E-state index in [9.17, 15) is 4.79 Å². The van der Waals surface area contributed by atoms with Crippen molar-refractivity contribution in [3.8, 4) is 0 Å². The summed E-state index contributed by atoms with van der Waals surface area (Å²) < 4.78 is 0. The summed E-state index contributed by atoms with van der Waals surface area (Å²) in [6, 6.07) is 0. The van der Waals surface area contributed by atoms with Crippen LogP contribution in [0.15, 0.2) is 12.2 Å². The van der Waals surface area contributed by atoms with E-state index in [2.05, 4.69) is 24.0 Å². The van der Waals surface area contributed by atoms with Crippen molar-refractivity contribution < 1.29 is 4.79 Å². The molecule has 0 saturated carbocycles. The van der Waals surface area contributed by atoms with E-state index in [0.717, 1.165) is 32.4 Å². The molecule has 0 N–H and O–H groups in total. The van der Waals surface area contributed by atoms with Crippen LogP contribution in [0.3, 0.4) is 0 Å². The second-order valence-electron chi connectivity index (χ2n) is 7.78. The molecular weight excluding hydrogens is 306 g/mol. The summed E-state index contributed by atoms with van der Waals surface area (Å²) in [6.45, 7) is 4.27. The predicted octanol–water partition coefficient (Wildman–Crippen LogP) is 7.04. The van der Waals surface area contributed by atoms with Gasteiger partial charge in [-0.25, -0.2) is 0 Å². The fraction of sp³-hybridized carbons (Fsp3) is 0.870. The number of hydrogen-bond donors (Lipinski definition) is 0. The summed E-state index contributed by atoms with van der Waals surface area (Å²) in [6.07, 6.45) is 26.4. The maximum absolute atomic E-state index is 12.0. The van der Waals surface area contributed by atoms with E-state index in [-0.39, 0.29) is 0 Å². The van der Waals surface area contributed by atoms with Gasteiger partial charge in [-0.3, -0.25) is 4.79 Å². The minimum atomic E-state index is 0.378. The van der Waals surface area contributed by atoms with E-state index in [1.165, 1.54) is 89.9 Å². The molecule has 0 aromatic rings. The lowest BCUT2D eigenvalue weighted by Crippen LogP contribution is -2.35. The summed E-state index contributed by atoms with van der Waals surface area (Å²) in [5.74, 6) is 0.378. The van der Waals surface area contributed by atoms with Crippen LogP contribution < -0.4 is 0 Å². The molecule has 1 amide bonds. The van der Waals surface area contributed by atoms with Crippen molar-refractivity contribution in [2.75, 3.05) is 13.1 Å². The van der Waals surface area contributed by atoms with Crippen molar-refractivity contribution in [2.24, 2.45) is 0 Å². The van der Waals surface area contributed by atoms with E-state index >= 15 is 0 Å². The first-order valence-electron chi connectivity index (χ1n) is 11.3. The smallest absolute Gasteiger partial charge is 0.222 e. The van der Waals surface area contributed by atoms with Crippen LogP contribution >= 0.6 is 0 Å². The van der Waals surface area contributed by atoms with E-state index in [1.807, 2.05) is 0 Å². The number of unbranched alkanes of at least 4 members (excludes halogenated alkanes) is 11. The first-order chi connectivity index (χ1) is 12.3. The lowest BCUT2D eigenvalue weighted by Gasteiger charge is -2.26. The van der Waals surface area contributed by atoms with Crippen LogP contribution in [0.5, 0.6) is 0 Å². The maximum atomic E-state index is 12.0. The maximum Gasteiger partial charge on any atom is 0.222 e. The second kappa shape index (κ2) is 16.7. The van der Waals surface area contributed by atoms with Crippen molar-refractivity contribution in [3.63, 3.8) is 0 Å². The number of carbonyl (C=O) groups excluding carboxylic acids is 1. The van der Waals surface area contributed by atoms with Gasteiger partial charge in [-0.05, 0) is 44.9 Å². The summed E-state index contributed by atoms with van der Waals surface area (Å²) in [4.78, 5) is 14.1. The molecule has 2 heteroatoms. The van der Waals surface area contributed by atoms with Gasteiger partial charge in [0.05, 0.1) is 0 Å². The van der Waals surface area contributed by atoms with Gasteiger partial charge in [0.2, 0.25) is 5.91 Å². The topological polar surface area (TPSA) is 20.3 Å². The second-order valence-corrected chi connectivity index (χ2v) is 7.78. The molecule has 0 aromatic heterocycles. The van der Waals surface area contributed by atoms with Crippen LogP contribution in [0.1, 0.15) is 116 Å². The quantitative estimate of drug-likeness (QED) is 0.229. The zero-order valence-electron chi connectivity index (χ0n) is 16.9. The van der Waals surface area contributed by atoms with Gasteiger partial charge in [-0.1, -0.05) is 76.9 Å². The molecule has 1 fully saturated rings. The van der Waals surface area contributed by atoms with Crippen LogP contribution in [-0.2, 0) is 4.79 Å². The molecular formula is C23H43NO. The molecule has 0 bridgehead atoms. The molecule has 1 aliphatic heterocycles. The highest BCUT2D eigenvalue weighted by Gasteiger charge is 2.15. The number of allylic oxidation sites excluding steroid dienone is 2. The van der Waals surface area contributed by atoms with Gasteiger partial charge in [-0.15, -0.1) is 0 Å². The standard InChI is InChI=1S/C23H43NO/c1-2-3-4-5-6-7-8-9-10-11-12-13-14-15-17-20-23(25)24-21-18-16-19-22-24/h13-14H,2-12,15-22H2,1H3/b14-13+. The Morgan fingerprint density at radius 2 is 1.24 bits per heavy atom. The van der Waals surface area contributed by atoms with E-state index in [1.54, 1.807) is 0 Å². The van der Waals surface area contributed by atoms with E-state index in [4.69, 9.17) is 0 Å². The summed E-state index contributed by atoms with van der Waals surface area (Å²) >= 11 is 0.